The van der Waals surface area contributed by atoms with Crippen LogP contribution in [0.2, 0.25) is 0 Å². The number of rotatable bonds is 4. The second-order valence-corrected chi connectivity index (χ2v) is 7.78. The van der Waals surface area contributed by atoms with E-state index < -0.39 is 0 Å². The van der Waals surface area contributed by atoms with Crippen molar-refractivity contribution in [1.82, 2.24) is 10.1 Å². The highest BCUT2D eigenvalue weighted by molar-refractivity contribution is 6.09. The zero-order valence-corrected chi connectivity index (χ0v) is 17.6. The molecule has 0 spiro atoms. The van der Waals surface area contributed by atoms with Crippen molar-refractivity contribution in [3.63, 3.8) is 0 Å². The monoisotopic (exact) mass is 430 g/mol. The van der Waals surface area contributed by atoms with E-state index in [0.29, 0.717) is 24.5 Å². The first kappa shape index (κ1) is 20.0. The first-order valence-electron chi connectivity index (χ1n) is 10.4. The molecule has 2 N–H and O–H groups in total. The average Bonchev–Trinajstić information content (AvgIpc) is 3.35. The number of nitrogens with one attached hydrogen (secondary N) is 2. The number of aromatic nitrogens is 2. The fraction of sp³-hybridized carbons (Fsp3) is 0.208. The highest BCUT2D eigenvalue weighted by Gasteiger charge is 2.20. The van der Waals surface area contributed by atoms with Crippen LogP contribution in [-0.2, 0) is 4.74 Å². The Morgan fingerprint density at radius 2 is 1.94 bits per heavy atom. The van der Waals surface area contributed by atoms with Gasteiger partial charge in [0.1, 0.15) is 6.26 Å². The van der Waals surface area contributed by atoms with Gasteiger partial charge in [0.2, 0.25) is 5.56 Å². The molecule has 1 aliphatic heterocycles. The van der Waals surface area contributed by atoms with Gasteiger partial charge < -0.3 is 24.5 Å². The maximum absolute atomic E-state index is 13.4. The van der Waals surface area contributed by atoms with Crippen molar-refractivity contribution in [2.75, 3.05) is 36.5 Å². The van der Waals surface area contributed by atoms with E-state index in [1.165, 1.54) is 0 Å². The van der Waals surface area contributed by atoms with Crippen LogP contribution in [0.4, 0.5) is 11.4 Å². The van der Waals surface area contributed by atoms with Crippen LogP contribution >= 0.6 is 0 Å². The molecular weight excluding hydrogens is 408 g/mol. The Hall–Kier alpha value is -3.91. The summed E-state index contributed by atoms with van der Waals surface area (Å²) in [6, 6.07) is 12.8. The minimum Gasteiger partial charge on any atom is -0.378 e. The molecule has 8 heteroatoms. The van der Waals surface area contributed by atoms with Crippen LogP contribution in [0.25, 0.3) is 22.0 Å². The molecule has 1 aliphatic rings. The summed E-state index contributed by atoms with van der Waals surface area (Å²) < 4.78 is 10.4. The third-order valence-electron chi connectivity index (χ3n) is 5.67. The largest absolute Gasteiger partial charge is 0.378 e. The summed E-state index contributed by atoms with van der Waals surface area (Å²) in [4.78, 5) is 30.1. The van der Waals surface area contributed by atoms with Crippen molar-refractivity contribution in [3.8, 4) is 11.1 Å². The molecular formula is C24H22N4O4. The predicted octanol–water partition coefficient (Wildman–Crippen LogP) is 3.58. The third-order valence-corrected chi connectivity index (χ3v) is 5.67. The van der Waals surface area contributed by atoms with E-state index in [4.69, 9.17) is 9.26 Å². The number of aryl methyl sites for hydroxylation is 1. The Kier molecular flexibility index (Phi) is 5.20. The number of anilines is 2. The summed E-state index contributed by atoms with van der Waals surface area (Å²) in [6.45, 7) is 4.56. The number of fused-ring (bicyclic) bond motifs is 1. The van der Waals surface area contributed by atoms with Gasteiger partial charge in [-0.3, -0.25) is 9.59 Å². The van der Waals surface area contributed by atoms with E-state index in [0.717, 1.165) is 46.4 Å². The number of morpholine rings is 1. The number of hydrogen-bond acceptors (Lipinski definition) is 6. The fourth-order valence-electron chi connectivity index (χ4n) is 4.02. The first-order chi connectivity index (χ1) is 15.6. The lowest BCUT2D eigenvalue weighted by Crippen LogP contribution is -2.37. The van der Waals surface area contributed by atoms with Gasteiger partial charge in [-0.05, 0) is 48.4 Å². The lowest BCUT2D eigenvalue weighted by molar-refractivity contribution is 0.102. The number of amides is 1. The van der Waals surface area contributed by atoms with Gasteiger partial charge in [0.15, 0.2) is 0 Å². The highest BCUT2D eigenvalue weighted by Crippen LogP contribution is 2.29. The normalized spacial score (nSPS) is 14.0. The molecule has 0 bridgehead atoms. The van der Waals surface area contributed by atoms with E-state index in [1.807, 2.05) is 31.2 Å². The van der Waals surface area contributed by atoms with Crippen molar-refractivity contribution in [1.29, 1.82) is 0 Å². The van der Waals surface area contributed by atoms with E-state index in [1.54, 1.807) is 30.7 Å². The van der Waals surface area contributed by atoms with Crippen molar-refractivity contribution < 1.29 is 14.1 Å². The minimum absolute atomic E-state index is 0.146. The molecule has 3 heterocycles. The zero-order valence-electron chi connectivity index (χ0n) is 17.6. The van der Waals surface area contributed by atoms with Crippen molar-refractivity contribution >= 4 is 28.2 Å². The summed E-state index contributed by atoms with van der Waals surface area (Å²) in [5.74, 6) is -0.216. The maximum atomic E-state index is 13.4. The first-order valence-corrected chi connectivity index (χ1v) is 10.4. The lowest BCUT2D eigenvalue weighted by Gasteiger charge is -2.30. The van der Waals surface area contributed by atoms with Gasteiger partial charge in [0, 0.05) is 47.0 Å². The number of benzene rings is 2. The maximum Gasteiger partial charge on any atom is 0.257 e. The van der Waals surface area contributed by atoms with Gasteiger partial charge in [-0.1, -0.05) is 11.2 Å². The zero-order chi connectivity index (χ0) is 22.1. The van der Waals surface area contributed by atoms with Crippen LogP contribution < -0.4 is 15.8 Å². The number of nitrogens with zero attached hydrogens (tertiary/aromatic N) is 2. The second-order valence-electron chi connectivity index (χ2n) is 7.78. The van der Waals surface area contributed by atoms with E-state index >= 15 is 0 Å². The Labute approximate surface area is 183 Å². The number of ether oxygens (including phenoxy) is 1. The van der Waals surface area contributed by atoms with Gasteiger partial charge in [-0.25, -0.2) is 0 Å². The molecule has 2 aromatic heterocycles. The van der Waals surface area contributed by atoms with Crippen molar-refractivity contribution in [2.24, 2.45) is 0 Å². The third kappa shape index (κ3) is 3.88. The highest BCUT2D eigenvalue weighted by atomic mass is 16.5. The van der Waals surface area contributed by atoms with Crippen LogP contribution in [-0.4, -0.2) is 42.4 Å². The van der Waals surface area contributed by atoms with E-state index in [-0.39, 0.29) is 11.5 Å². The summed E-state index contributed by atoms with van der Waals surface area (Å²) in [5.41, 5.74) is 5.16. The molecule has 0 atom stereocenters. The van der Waals surface area contributed by atoms with Crippen LogP contribution in [0, 0.1) is 6.92 Å². The summed E-state index contributed by atoms with van der Waals surface area (Å²) in [6.07, 6.45) is 3.18. The van der Waals surface area contributed by atoms with Crippen LogP contribution in [0.1, 0.15) is 15.9 Å². The van der Waals surface area contributed by atoms with Crippen molar-refractivity contribution in [2.45, 2.75) is 6.92 Å². The number of hydrogen-bond donors (Lipinski definition) is 2. The molecule has 0 aliphatic carbocycles. The topological polar surface area (TPSA) is 100 Å². The number of pyridine rings is 1. The van der Waals surface area contributed by atoms with Gasteiger partial charge in [0.25, 0.3) is 5.91 Å². The summed E-state index contributed by atoms with van der Waals surface area (Å²) in [5, 5.41) is 7.67. The molecule has 4 aromatic rings. The number of carbonyl (C=O) groups excluding carboxylic acids is 1. The Morgan fingerprint density at radius 1 is 1.09 bits per heavy atom. The van der Waals surface area contributed by atoms with Crippen LogP contribution in [0.5, 0.6) is 0 Å². The summed E-state index contributed by atoms with van der Waals surface area (Å²) in [7, 11) is 0. The second kappa shape index (κ2) is 8.32. The molecule has 5 rings (SSSR count). The Balaban J connectivity index is 1.51. The molecule has 32 heavy (non-hydrogen) atoms. The molecule has 8 nitrogen and oxygen atoms in total. The molecule has 0 unspecified atom stereocenters. The SMILES string of the molecule is Cc1cc(=O)[nH]c2ccc(NC(=O)c3cc(-c4cnoc4)ccc3N3CCOCC3)cc12. The van der Waals surface area contributed by atoms with Gasteiger partial charge in [0.05, 0.1) is 25.0 Å². The standard InChI is InChI=1S/C24H22N4O4/c1-15-10-23(29)27-21-4-3-18(12-19(15)21)26-24(30)20-11-16(17-13-25-32-14-17)2-5-22(20)28-6-8-31-9-7-28/h2-5,10-14H,6-9H2,1H3,(H,26,30)(H,27,29). The quantitative estimate of drug-likeness (QED) is 0.513. The van der Waals surface area contributed by atoms with Gasteiger partial charge in [-0.2, -0.15) is 0 Å². The average molecular weight is 430 g/mol. The predicted molar refractivity (Wildman–Crippen MR) is 122 cm³/mol. The Morgan fingerprint density at radius 3 is 2.72 bits per heavy atom. The minimum atomic E-state index is -0.216. The van der Waals surface area contributed by atoms with Crippen LogP contribution in [0.15, 0.2) is 64.2 Å². The van der Waals surface area contributed by atoms with E-state index in [9.17, 15) is 9.59 Å². The van der Waals surface area contributed by atoms with Crippen LogP contribution in [0.3, 0.4) is 0 Å². The van der Waals surface area contributed by atoms with Crippen molar-refractivity contribution in [3.05, 3.63) is 76.4 Å². The molecule has 1 saturated heterocycles. The number of aromatic amines is 1. The van der Waals surface area contributed by atoms with Gasteiger partial charge in [-0.15, -0.1) is 0 Å². The Bertz CT molecular complexity index is 1340. The summed E-state index contributed by atoms with van der Waals surface area (Å²) >= 11 is 0. The number of H-pyrrole nitrogens is 1. The number of carbonyl (C=O) groups is 1. The molecule has 0 radical (unpaired) electrons. The molecule has 0 saturated carbocycles. The molecule has 162 valence electrons. The molecule has 1 amide bonds. The van der Waals surface area contributed by atoms with Gasteiger partial charge >= 0.3 is 0 Å². The van der Waals surface area contributed by atoms with E-state index in [2.05, 4.69) is 20.4 Å². The molecule has 2 aromatic carbocycles. The smallest absolute Gasteiger partial charge is 0.257 e. The molecule has 1 fully saturated rings. The fourth-order valence-corrected chi connectivity index (χ4v) is 4.02. The lowest BCUT2D eigenvalue weighted by atomic mass is 10.0.